The molecule has 0 aliphatic heterocycles. The Balaban J connectivity index is 2.49. The topological polar surface area (TPSA) is 72.9 Å². The van der Waals surface area contributed by atoms with Crippen LogP contribution in [0, 0.1) is 6.92 Å². The lowest BCUT2D eigenvalue weighted by Gasteiger charge is -2.32. The maximum Gasteiger partial charge on any atom is 0.328 e. The van der Waals surface area contributed by atoms with Crippen molar-refractivity contribution in [1.82, 2.24) is 4.31 Å². The minimum absolute atomic E-state index is 0.0605. The van der Waals surface area contributed by atoms with E-state index in [1.807, 2.05) is 31.2 Å². The second kappa shape index (κ2) is 9.91. The molecule has 0 saturated carbocycles. The van der Waals surface area contributed by atoms with Crippen molar-refractivity contribution >= 4 is 16.0 Å². The second-order valence-corrected chi connectivity index (χ2v) is 9.69. The number of allylic oxidation sites excluding steroid dienone is 1. The van der Waals surface area contributed by atoms with Gasteiger partial charge in [-0.05, 0) is 43.5 Å². The fraction of sp³-hybridized carbons (Fsp3) is 0.348. The van der Waals surface area contributed by atoms with Crippen molar-refractivity contribution < 1.29 is 22.7 Å². The van der Waals surface area contributed by atoms with Gasteiger partial charge in [0, 0.05) is 13.1 Å². The maximum absolute atomic E-state index is 13.7. The highest BCUT2D eigenvalue weighted by Crippen LogP contribution is 2.30. The molecule has 0 unspecified atom stereocenters. The Labute approximate surface area is 179 Å². The van der Waals surface area contributed by atoms with E-state index in [4.69, 9.17) is 9.47 Å². The van der Waals surface area contributed by atoms with Crippen LogP contribution in [-0.2, 0) is 32.6 Å². The first-order valence-corrected chi connectivity index (χ1v) is 11.0. The Morgan fingerprint density at radius 3 is 1.97 bits per heavy atom. The predicted molar refractivity (Wildman–Crippen MR) is 118 cm³/mol. The fourth-order valence-electron chi connectivity index (χ4n) is 3.13. The number of methoxy groups -OCH3 is 2. The standard InChI is InChI=1S/C23H29NO5S/c1-6-15-23(3,22(25)29-5)30(26,27)24(16-19-9-7-18(2)8-10-19)17-20-11-13-21(28-4)14-12-20/h6-14H,1,15-17H2,2-5H3/t23-/m1/s1. The van der Waals surface area contributed by atoms with E-state index in [0.29, 0.717) is 5.75 Å². The van der Waals surface area contributed by atoms with Crippen LogP contribution < -0.4 is 4.74 Å². The van der Waals surface area contributed by atoms with E-state index < -0.39 is 20.7 Å². The number of rotatable bonds is 10. The summed E-state index contributed by atoms with van der Waals surface area (Å²) in [4.78, 5) is 12.5. The molecule has 7 heteroatoms. The summed E-state index contributed by atoms with van der Waals surface area (Å²) in [5, 5.41) is 0. The minimum Gasteiger partial charge on any atom is -0.497 e. The van der Waals surface area contributed by atoms with Crippen LogP contribution in [0.4, 0.5) is 0 Å². The predicted octanol–water partition coefficient (Wildman–Crippen LogP) is 3.84. The molecule has 0 fully saturated rings. The van der Waals surface area contributed by atoms with E-state index >= 15 is 0 Å². The first kappa shape index (κ1) is 23.6. The highest BCUT2D eigenvalue weighted by molar-refractivity contribution is 7.91. The van der Waals surface area contributed by atoms with Crippen molar-refractivity contribution in [3.63, 3.8) is 0 Å². The Bertz CT molecular complexity index is 968. The van der Waals surface area contributed by atoms with Crippen molar-refractivity contribution in [3.8, 4) is 5.75 Å². The number of sulfonamides is 1. The number of nitrogens with zero attached hydrogens (tertiary/aromatic N) is 1. The largest absolute Gasteiger partial charge is 0.497 e. The molecule has 6 nitrogen and oxygen atoms in total. The van der Waals surface area contributed by atoms with E-state index in [1.54, 1.807) is 31.4 Å². The lowest BCUT2D eigenvalue weighted by atomic mass is 10.1. The molecule has 2 rings (SSSR count). The smallest absolute Gasteiger partial charge is 0.328 e. The molecular weight excluding hydrogens is 402 g/mol. The lowest BCUT2D eigenvalue weighted by molar-refractivity contribution is -0.143. The average molecular weight is 432 g/mol. The zero-order valence-corrected chi connectivity index (χ0v) is 18.7. The minimum atomic E-state index is -4.10. The van der Waals surface area contributed by atoms with E-state index in [-0.39, 0.29) is 19.5 Å². The average Bonchev–Trinajstić information content (AvgIpc) is 2.74. The maximum atomic E-state index is 13.7. The van der Waals surface area contributed by atoms with Crippen molar-refractivity contribution in [1.29, 1.82) is 0 Å². The fourth-order valence-corrected chi connectivity index (χ4v) is 4.96. The van der Waals surface area contributed by atoms with Crippen molar-refractivity contribution in [2.75, 3.05) is 14.2 Å². The molecule has 0 bridgehead atoms. The number of esters is 1. The molecule has 162 valence electrons. The molecule has 2 aromatic rings. The summed E-state index contributed by atoms with van der Waals surface area (Å²) >= 11 is 0. The third-order valence-electron chi connectivity index (χ3n) is 5.06. The van der Waals surface area contributed by atoms with Crippen LogP contribution >= 0.6 is 0 Å². The molecule has 1 atom stereocenters. The van der Waals surface area contributed by atoms with Crippen molar-refractivity contribution in [2.45, 2.75) is 38.1 Å². The van der Waals surface area contributed by atoms with Crippen LogP contribution in [0.1, 0.15) is 30.0 Å². The van der Waals surface area contributed by atoms with Crippen LogP contribution in [0.5, 0.6) is 5.75 Å². The van der Waals surface area contributed by atoms with Gasteiger partial charge in [0.2, 0.25) is 10.0 Å². The number of benzene rings is 2. The quantitative estimate of drug-likeness (QED) is 0.422. The molecule has 2 aromatic carbocycles. The van der Waals surface area contributed by atoms with Gasteiger partial charge < -0.3 is 9.47 Å². The van der Waals surface area contributed by atoms with Gasteiger partial charge in [-0.3, -0.25) is 4.79 Å². The van der Waals surface area contributed by atoms with Gasteiger partial charge in [0.1, 0.15) is 5.75 Å². The second-order valence-electron chi connectivity index (χ2n) is 7.32. The third kappa shape index (κ3) is 5.09. The van der Waals surface area contributed by atoms with E-state index in [9.17, 15) is 13.2 Å². The molecule has 0 radical (unpaired) electrons. The van der Waals surface area contributed by atoms with Gasteiger partial charge in [-0.15, -0.1) is 6.58 Å². The number of ether oxygens (including phenoxy) is 2. The molecule has 0 amide bonds. The summed E-state index contributed by atoms with van der Waals surface area (Å²) in [6.45, 7) is 7.20. The van der Waals surface area contributed by atoms with Gasteiger partial charge in [-0.2, -0.15) is 4.31 Å². The van der Waals surface area contributed by atoms with Crippen LogP contribution in [0.25, 0.3) is 0 Å². The molecule has 0 spiro atoms. The zero-order chi connectivity index (χ0) is 22.4. The Morgan fingerprint density at radius 1 is 1.03 bits per heavy atom. The van der Waals surface area contributed by atoms with Crippen LogP contribution in [0.3, 0.4) is 0 Å². The molecule has 0 heterocycles. The summed E-state index contributed by atoms with van der Waals surface area (Å²) in [6.07, 6.45) is 1.36. The van der Waals surface area contributed by atoms with Crippen LogP contribution in [0.2, 0.25) is 0 Å². The molecule has 30 heavy (non-hydrogen) atoms. The first-order valence-electron chi connectivity index (χ1n) is 9.55. The zero-order valence-electron chi connectivity index (χ0n) is 17.9. The normalized spacial score (nSPS) is 13.5. The summed E-state index contributed by atoms with van der Waals surface area (Å²) in [7, 11) is -1.34. The third-order valence-corrected chi connectivity index (χ3v) is 7.47. The number of hydrogen-bond acceptors (Lipinski definition) is 5. The molecule has 0 aliphatic carbocycles. The first-order chi connectivity index (χ1) is 14.2. The van der Waals surface area contributed by atoms with Gasteiger partial charge in [0.15, 0.2) is 4.75 Å². The SMILES string of the molecule is C=CC[C@](C)(C(=O)OC)S(=O)(=O)N(Cc1ccc(C)cc1)Cc1ccc(OC)cc1. The number of aryl methyl sites for hydroxylation is 1. The van der Waals surface area contributed by atoms with Gasteiger partial charge in [0.05, 0.1) is 14.2 Å². The van der Waals surface area contributed by atoms with Gasteiger partial charge in [0.25, 0.3) is 0 Å². The van der Waals surface area contributed by atoms with Crippen LogP contribution in [0.15, 0.2) is 61.2 Å². The molecule has 0 N–H and O–H groups in total. The van der Waals surface area contributed by atoms with E-state index in [2.05, 4.69) is 6.58 Å². The Hall–Kier alpha value is -2.64. The number of carbonyl (C=O) groups excluding carboxylic acids is 1. The lowest BCUT2D eigenvalue weighted by Crippen LogP contribution is -2.51. The highest BCUT2D eigenvalue weighted by atomic mass is 32.2. The molecular formula is C23H29NO5S. The highest BCUT2D eigenvalue weighted by Gasteiger charge is 2.49. The van der Waals surface area contributed by atoms with Crippen LogP contribution in [-0.4, -0.2) is 37.7 Å². The summed E-state index contributed by atoms with van der Waals surface area (Å²) in [5.41, 5.74) is 2.68. The van der Waals surface area contributed by atoms with Gasteiger partial charge in [-0.1, -0.05) is 48.0 Å². The Kier molecular flexibility index (Phi) is 7.81. The number of carbonyl (C=O) groups is 1. The van der Waals surface area contributed by atoms with Gasteiger partial charge in [-0.25, -0.2) is 8.42 Å². The monoisotopic (exact) mass is 431 g/mol. The molecule has 0 aromatic heterocycles. The molecule has 0 aliphatic rings. The van der Waals surface area contributed by atoms with Crippen molar-refractivity contribution in [2.24, 2.45) is 0 Å². The van der Waals surface area contributed by atoms with Gasteiger partial charge >= 0.3 is 5.97 Å². The van der Waals surface area contributed by atoms with E-state index in [0.717, 1.165) is 16.7 Å². The summed E-state index contributed by atoms with van der Waals surface area (Å²) in [6, 6.07) is 14.8. The summed E-state index contributed by atoms with van der Waals surface area (Å²) in [5.74, 6) is -0.135. The van der Waals surface area contributed by atoms with Crippen molar-refractivity contribution in [3.05, 3.63) is 77.9 Å². The number of hydrogen-bond donors (Lipinski definition) is 0. The van der Waals surface area contributed by atoms with E-state index in [1.165, 1.54) is 24.4 Å². The Morgan fingerprint density at radius 2 is 1.53 bits per heavy atom. The summed E-state index contributed by atoms with van der Waals surface area (Å²) < 4.78 is 36.9. The molecule has 0 saturated heterocycles.